The van der Waals surface area contributed by atoms with Crippen molar-refractivity contribution in [1.82, 2.24) is 4.90 Å². The molecule has 2 heterocycles. The van der Waals surface area contributed by atoms with Crippen LogP contribution in [0.4, 0.5) is 0 Å². The van der Waals surface area contributed by atoms with Gasteiger partial charge in [0.15, 0.2) is 16.9 Å². The Balaban J connectivity index is 1.57. The largest absolute Gasteiger partial charge is 0.493 e. The van der Waals surface area contributed by atoms with Crippen LogP contribution in [0.15, 0.2) is 80.8 Å². The lowest BCUT2D eigenvalue weighted by molar-refractivity contribution is 0.0730. The third-order valence-electron chi connectivity index (χ3n) is 6.39. The lowest BCUT2D eigenvalue weighted by Gasteiger charge is -2.25. The quantitative estimate of drug-likeness (QED) is 0.329. The molecule has 1 aliphatic rings. The van der Waals surface area contributed by atoms with Gasteiger partial charge in [-0.2, -0.15) is 0 Å². The molecule has 0 spiro atoms. The molecule has 4 aromatic rings. The summed E-state index contributed by atoms with van der Waals surface area (Å²) in [5.41, 5.74) is 2.53. The number of thioether (sulfide) groups is 1. The smallest absolute Gasteiger partial charge is 0.290 e. The van der Waals surface area contributed by atoms with Gasteiger partial charge in [-0.3, -0.25) is 9.59 Å². The minimum Gasteiger partial charge on any atom is -0.493 e. The first kappa shape index (κ1) is 23.1. The molecular formula is C28H25NO5S. The molecule has 0 bridgehead atoms. The zero-order valence-corrected chi connectivity index (χ0v) is 20.6. The van der Waals surface area contributed by atoms with Crippen LogP contribution in [0.25, 0.3) is 11.0 Å². The molecule has 3 aromatic carbocycles. The van der Waals surface area contributed by atoms with Gasteiger partial charge in [0.1, 0.15) is 5.58 Å². The first-order valence-corrected chi connectivity index (χ1v) is 12.5. The Hall–Kier alpha value is -3.71. The first-order valence-electron chi connectivity index (χ1n) is 11.3. The standard InChI is InChI=1S/C28H25NO5S/c1-32-22-13-8-17(16-23(22)33-2)14-15-29-25(18-9-11-19(35-3)12-10-18)24-26(30)20-6-4-5-7-21(20)34-27(24)28(29)31/h4-13,16,25H,14-15H2,1-3H3/t25-/m1/s1. The normalized spacial score (nSPS) is 14.9. The van der Waals surface area contributed by atoms with Crippen LogP contribution < -0.4 is 14.9 Å². The van der Waals surface area contributed by atoms with Gasteiger partial charge in [-0.25, -0.2) is 0 Å². The molecule has 178 valence electrons. The zero-order valence-electron chi connectivity index (χ0n) is 19.7. The number of para-hydroxylation sites is 1. The second kappa shape index (κ2) is 9.50. The number of carbonyl (C=O) groups excluding carboxylic acids is 1. The van der Waals surface area contributed by atoms with E-state index < -0.39 is 6.04 Å². The predicted molar refractivity (Wildman–Crippen MR) is 137 cm³/mol. The Morgan fingerprint density at radius 1 is 0.943 bits per heavy atom. The van der Waals surface area contributed by atoms with Gasteiger partial charge in [0.05, 0.1) is 31.2 Å². The lowest BCUT2D eigenvalue weighted by atomic mass is 9.98. The number of methoxy groups -OCH3 is 2. The molecule has 7 heteroatoms. The second-order valence-electron chi connectivity index (χ2n) is 8.28. The van der Waals surface area contributed by atoms with E-state index in [0.29, 0.717) is 41.0 Å². The van der Waals surface area contributed by atoms with Crippen molar-refractivity contribution in [3.8, 4) is 11.5 Å². The average molecular weight is 488 g/mol. The number of hydrogen-bond acceptors (Lipinski definition) is 6. The van der Waals surface area contributed by atoms with Crippen LogP contribution in [0.5, 0.6) is 11.5 Å². The highest BCUT2D eigenvalue weighted by atomic mass is 32.2. The summed E-state index contributed by atoms with van der Waals surface area (Å²) < 4.78 is 16.8. The van der Waals surface area contributed by atoms with Crippen molar-refractivity contribution in [2.75, 3.05) is 27.0 Å². The maximum Gasteiger partial charge on any atom is 0.290 e. The van der Waals surface area contributed by atoms with Gasteiger partial charge in [0.2, 0.25) is 5.76 Å². The topological polar surface area (TPSA) is 69.0 Å². The number of ether oxygens (including phenoxy) is 2. The predicted octanol–water partition coefficient (Wildman–Crippen LogP) is 5.32. The highest BCUT2D eigenvalue weighted by molar-refractivity contribution is 7.98. The molecular weight excluding hydrogens is 462 g/mol. The number of hydrogen-bond donors (Lipinski definition) is 0. The molecule has 0 unspecified atom stereocenters. The van der Waals surface area contributed by atoms with Gasteiger partial charge in [0.25, 0.3) is 5.91 Å². The fourth-order valence-corrected chi connectivity index (χ4v) is 5.02. The number of rotatable bonds is 7. The van der Waals surface area contributed by atoms with E-state index in [9.17, 15) is 9.59 Å². The van der Waals surface area contributed by atoms with Crippen LogP contribution in [0.3, 0.4) is 0 Å². The van der Waals surface area contributed by atoms with Crippen molar-refractivity contribution in [1.29, 1.82) is 0 Å². The van der Waals surface area contributed by atoms with Gasteiger partial charge in [-0.1, -0.05) is 30.3 Å². The monoisotopic (exact) mass is 487 g/mol. The summed E-state index contributed by atoms with van der Waals surface area (Å²) >= 11 is 1.64. The van der Waals surface area contributed by atoms with E-state index in [0.717, 1.165) is 16.0 Å². The molecule has 0 aliphatic carbocycles. The van der Waals surface area contributed by atoms with E-state index in [4.69, 9.17) is 13.9 Å². The summed E-state index contributed by atoms with van der Waals surface area (Å²) in [4.78, 5) is 30.0. The molecule has 1 atom stereocenters. The molecule has 0 N–H and O–H groups in total. The van der Waals surface area contributed by atoms with E-state index in [-0.39, 0.29) is 17.1 Å². The molecule has 0 radical (unpaired) electrons. The average Bonchev–Trinajstić information content (AvgIpc) is 3.18. The van der Waals surface area contributed by atoms with Gasteiger partial charge < -0.3 is 18.8 Å². The Bertz CT molecular complexity index is 1460. The zero-order chi connectivity index (χ0) is 24.5. The van der Waals surface area contributed by atoms with Crippen molar-refractivity contribution in [2.24, 2.45) is 0 Å². The molecule has 0 fully saturated rings. The van der Waals surface area contributed by atoms with Crippen LogP contribution >= 0.6 is 11.8 Å². The lowest BCUT2D eigenvalue weighted by Crippen LogP contribution is -2.31. The highest BCUT2D eigenvalue weighted by Gasteiger charge is 2.42. The number of benzene rings is 3. The van der Waals surface area contributed by atoms with Crippen LogP contribution in [-0.2, 0) is 6.42 Å². The molecule has 1 aromatic heterocycles. The van der Waals surface area contributed by atoms with Crippen molar-refractivity contribution < 1.29 is 18.7 Å². The van der Waals surface area contributed by atoms with E-state index >= 15 is 0 Å². The summed E-state index contributed by atoms with van der Waals surface area (Å²) in [5.74, 6) is 1.13. The Labute approximate surface area is 207 Å². The summed E-state index contributed by atoms with van der Waals surface area (Å²) in [5, 5.41) is 0.478. The molecule has 35 heavy (non-hydrogen) atoms. The first-order chi connectivity index (χ1) is 17.0. The van der Waals surface area contributed by atoms with Crippen LogP contribution in [0.2, 0.25) is 0 Å². The minimum absolute atomic E-state index is 0.125. The van der Waals surface area contributed by atoms with Crippen molar-refractivity contribution in [3.63, 3.8) is 0 Å². The maximum absolute atomic E-state index is 13.6. The molecule has 5 rings (SSSR count). The fraction of sp³-hybridized carbons (Fsp3) is 0.214. The molecule has 6 nitrogen and oxygen atoms in total. The Morgan fingerprint density at radius 3 is 2.40 bits per heavy atom. The maximum atomic E-state index is 13.6. The summed E-state index contributed by atoms with van der Waals surface area (Å²) in [6.07, 6.45) is 2.59. The van der Waals surface area contributed by atoms with E-state index in [1.165, 1.54) is 0 Å². The highest BCUT2D eigenvalue weighted by Crippen LogP contribution is 2.39. The summed E-state index contributed by atoms with van der Waals surface area (Å²) in [6.45, 7) is 0.406. The summed E-state index contributed by atoms with van der Waals surface area (Å²) in [7, 11) is 3.19. The van der Waals surface area contributed by atoms with Crippen molar-refractivity contribution in [2.45, 2.75) is 17.4 Å². The number of amides is 1. The van der Waals surface area contributed by atoms with Gasteiger partial charge >= 0.3 is 0 Å². The van der Waals surface area contributed by atoms with E-state index in [1.54, 1.807) is 55.1 Å². The van der Waals surface area contributed by atoms with Crippen LogP contribution in [0.1, 0.15) is 33.3 Å². The minimum atomic E-state index is -0.519. The van der Waals surface area contributed by atoms with Gasteiger partial charge in [-0.05, 0) is 60.2 Å². The van der Waals surface area contributed by atoms with Gasteiger partial charge in [0, 0.05) is 11.4 Å². The van der Waals surface area contributed by atoms with Crippen LogP contribution in [-0.4, -0.2) is 37.8 Å². The third kappa shape index (κ3) is 4.06. The number of fused-ring (bicyclic) bond motifs is 2. The molecule has 0 saturated heterocycles. The Kier molecular flexibility index (Phi) is 6.26. The second-order valence-corrected chi connectivity index (χ2v) is 9.16. The van der Waals surface area contributed by atoms with Gasteiger partial charge in [-0.15, -0.1) is 11.8 Å². The molecule has 0 saturated carbocycles. The van der Waals surface area contributed by atoms with Crippen LogP contribution in [0, 0.1) is 0 Å². The number of carbonyl (C=O) groups is 1. The fourth-order valence-electron chi connectivity index (χ4n) is 4.62. The SMILES string of the molecule is COc1ccc(CCN2C(=O)c3oc4ccccc4c(=O)c3[C@H]2c2ccc(SC)cc2)cc1OC. The summed E-state index contributed by atoms with van der Waals surface area (Å²) in [6, 6.07) is 20.2. The molecule has 1 aliphatic heterocycles. The van der Waals surface area contributed by atoms with E-state index in [2.05, 4.69) is 0 Å². The van der Waals surface area contributed by atoms with E-state index in [1.807, 2.05) is 48.7 Å². The molecule has 1 amide bonds. The van der Waals surface area contributed by atoms with Crippen molar-refractivity contribution >= 4 is 28.6 Å². The van der Waals surface area contributed by atoms with Crippen molar-refractivity contribution in [3.05, 3.63) is 99.4 Å². The number of nitrogens with zero attached hydrogens (tertiary/aromatic N) is 1. The Morgan fingerprint density at radius 2 is 1.69 bits per heavy atom. The third-order valence-corrected chi connectivity index (χ3v) is 7.14.